The fourth-order valence-electron chi connectivity index (χ4n) is 2.60. The number of ether oxygens (including phenoxy) is 2. The molecule has 118 valence electrons. The highest BCUT2D eigenvalue weighted by Crippen LogP contribution is 2.32. The van der Waals surface area contributed by atoms with Gasteiger partial charge in [-0.05, 0) is 36.8 Å². The summed E-state index contributed by atoms with van der Waals surface area (Å²) < 4.78 is 10.7. The number of hydrogen-bond acceptors (Lipinski definition) is 4. The molecular weight excluding hydrogens is 294 g/mol. The van der Waals surface area contributed by atoms with Crippen LogP contribution in [0.25, 0.3) is 0 Å². The van der Waals surface area contributed by atoms with Gasteiger partial charge in [-0.3, -0.25) is 9.69 Å². The molecule has 0 aliphatic carbocycles. The third-order valence-corrected chi connectivity index (χ3v) is 3.91. The fourth-order valence-corrected chi connectivity index (χ4v) is 2.60. The number of aryl methyl sites for hydroxylation is 1. The minimum atomic E-state index is -0.390. The lowest BCUT2D eigenvalue weighted by molar-refractivity contribution is 0.111. The maximum atomic E-state index is 12.1. The molecule has 0 bridgehead atoms. The first-order valence-corrected chi connectivity index (χ1v) is 7.30. The Morgan fingerprint density at radius 1 is 1.22 bits per heavy atom. The van der Waals surface area contributed by atoms with Gasteiger partial charge in [0.2, 0.25) is 0 Å². The van der Waals surface area contributed by atoms with Crippen LogP contribution in [0.3, 0.4) is 0 Å². The van der Waals surface area contributed by atoms with Crippen LogP contribution in [0.1, 0.15) is 27.6 Å². The summed E-state index contributed by atoms with van der Waals surface area (Å²) in [7, 11) is 1.51. The molecule has 2 aromatic rings. The number of cyclic esters (lactones) is 1. The second-order valence-corrected chi connectivity index (χ2v) is 5.44. The topological polar surface area (TPSA) is 55.8 Å². The van der Waals surface area contributed by atoms with E-state index >= 15 is 0 Å². The van der Waals surface area contributed by atoms with Crippen LogP contribution in [0.4, 0.5) is 10.5 Å². The van der Waals surface area contributed by atoms with Crippen molar-refractivity contribution in [2.45, 2.75) is 13.0 Å². The van der Waals surface area contributed by atoms with E-state index in [0.29, 0.717) is 17.9 Å². The van der Waals surface area contributed by atoms with E-state index in [4.69, 9.17) is 9.47 Å². The maximum absolute atomic E-state index is 12.1. The number of benzene rings is 2. The Hall–Kier alpha value is -2.82. The summed E-state index contributed by atoms with van der Waals surface area (Å²) in [6, 6.07) is 12.9. The Labute approximate surface area is 134 Å². The molecule has 1 amide bonds. The van der Waals surface area contributed by atoms with Crippen molar-refractivity contribution in [2.75, 3.05) is 18.6 Å². The molecule has 1 aliphatic rings. The second-order valence-electron chi connectivity index (χ2n) is 5.44. The first-order valence-electron chi connectivity index (χ1n) is 7.30. The molecule has 1 unspecified atom stereocenters. The standard InChI is InChI=1S/C18H17NO4/c1-12-3-7-15(8-4-12)19-10-17(23-18(19)21)13-5-6-14(11-20)16(9-13)22-2/h3-9,11,17H,10H2,1-2H3. The zero-order valence-electron chi connectivity index (χ0n) is 13.0. The lowest BCUT2D eigenvalue weighted by atomic mass is 10.1. The Morgan fingerprint density at radius 3 is 2.61 bits per heavy atom. The average molecular weight is 311 g/mol. The minimum Gasteiger partial charge on any atom is -0.496 e. The van der Waals surface area contributed by atoms with Crippen molar-refractivity contribution in [3.8, 4) is 5.75 Å². The first-order chi connectivity index (χ1) is 11.1. The number of rotatable bonds is 4. The average Bonchev–Trinajstić information content (AvgIpc) is 2.96. The van der Waals surface area contributed by atoms with Gasteiger partial charge in [-0.25, -0.2) is 4.79 Å². The number of aldehydes is 1. The molecule has 0 spiro atoms. The summed E-state index contributed by atoms with van der Waals surface area (Å²) >= 11 is 0. The third kappa shape index (κ3) is 2.90. The molecular formula is C18H17NO4. The third-order valence-electron chi connectivity index (χ3n) is 3.91. The Balaban J connectivity index is 1.84. The Kier molecular flexibility index (Phi) is 4.02. The van der Waals surface area contributed by atoms with E-state index in [1.165, 1.54) is 7.11 Å². The van der Waals surface area contributed by atoms with Gasteiger partial charge in [0.25, 0.3) is 0 Å². The van der Waals surface area contributed by atoms with Gasteiger partial charge in [0.15, 0.2) is 6.29 Å². The van der Waals surface area contributed by atoms with E-state index in [-0.39, 0.29) is 6.09 Å². The van der Waals surface area contributed by atoms with Gasteiger partial charge >= 0.3 is 6.09 Å². The van der Waals surface area contributed by atoms with Crippen LogP contribution in [-0.4, -0.2) is 26.0 Å². The number of hydrogen-bond donors (Lipinski definition) is 0. The van der Waals surface area contributed by atoms with E-state index in [0.717, 1.165) is 23.1 Å². The van der Waals surface area contributed by atoms with Crippen molar-refractivity contribution in [3.63, 3.8) is 0 Å². The zero-order chi connectivity index (χ0) is 16.4. The number of amides is 1. The smallest absolute Gasteiger partial charge is 0.415 e. The van der Waals surface area contributed by atoms with Gasteiger partial charge in [0, 0.05) is 5.69 Å². The molecule has 2 aromatic carbocycles. The molecule has 0 aromatic heterocycles. The predicted octanol–water partition coefficient (Wildman–Crippen LogP) is 3.51. The Morgan fingerprint density at radius 2 is 1.96 bits per heavy atom. The number of anilines is 1. The van der Waals surface area contributed by atoms with Crippen LogP contribution in [0.2, 0.25) is 0 Å². The van der Waals surface area contributed by atoms with Gasteiger partial charge in [-0.2, -0.15) is 0 Å². The van der Waals surface area contributed by atoms with E-state index < -0.39 is 6.10 Å². The van der Waals surface area contributed by atoms with Crippen LogP contribution in [-0.2, 0) is 4.74 Å². The first kappa shape index (κ1) is 15.1. The summed E-state index contributed by atoms with van der Waals surface area (Å²) in [5, 5.41) is 0. The van der Waals surface area contributed by atoms with Gasteiger partial charge in [0.05, 0.1) is 19.2 Å². The zero-order valence-corrected chi connectivity index (χ0v) is 13.0. The summed E-state index contributed by atoms with van der Waals surface area (Å²) in [6.45, 7) is 2.42. The van der Waals surface area contributed by atoms with Gasteiger partial charge in [-0.1, -0.05) is 23.8 Å². The summed E-state index contributed by atoms with van der Waals surface area (Å²) in [4.78, 5) is 24.7. The SMILES string of the molecule is COc1cc(C2CN(c3ccc(C)cc3)C(=O)O2)ccc1C=O. The van der Waals surface area contributed by atoms with Crippen LogP contribution in [0, 0.1) is 6.92 Å². The number of nitrogens with zero attached hydrogens (tertiary/aromatic N) is 1. The van der Waals surface area contributed by atoms with Crippen LogP contribution >= 0.6 is 0 Å². The van der Waals surface area contributed by atoms with E-state index in [1.807, 2.05) is 31.2 Å². The highest BCUT2D eigenvalue weighted by atomic mass is 16.6. The molecule has 5 nitrogen and oxygen atoms in total. The van der Waals surface area contributed by atoms with Crippen molar-refractivity contribution in [1.82, 2.24) is 0 Å². The molecule has 23 heavy (non-hydrogen) atoms. The van der Waals surface area contributed by atoms with Crippen LogP contribution in [0.5, 0.6) is 5.75 Å². The van der Waals surface area contributed by atoms with Crippen molar-refractivity contribution >= 4 is 18.1 Å². The molecule has 0 radical (unpaired) electrons. The lowest BCUT2D eigenvalue weighted by Gasteiger charge is -2.13. The molecule has 0 N–H and O–H groups in total. The second kappa shape index (κ2) is 6.12. The summed E-state index contributed by atoms with van der Waals surface area (Å²) in [5.74, 6) is 0.474. The molecule has 1 saturated heterocycles. The minimum absolute atomic E-state index is 0.378. The van der Waals surface area contributed by atoms with Crippen LogP contribution in [0.15, 0.2) is 42.5 Å². The summed E-state index contributed by atoms with van der Waals surface area (Å²) in [6.07, 6.45) is -0.0299. The molecule has 1 atom stereocenters. The van der Waals surface area contributed by atoms with Gasteiger partial charge in [0.1, 0.15) is 11.9 Å². The van der Waals surface area contributed by atoms with Crippen molar-refractivity contribution < 1.29 is 19.1 Å². The quantitative estimate of drug-likeness (QED) is 0.811. The van der Waals surface area contributed by atoms with E-state index in [1.54, 1.807) is 23.1 Å². The molecule has 3 rings (SSSR count). The van der Waals surface area contributed by atoms with E-state index in [9.17, 15) is 9.59 Å². The number of methoxy groups -OCH3 is 1. The number of carbonyl (C=O) groups is 2. The fraction of sp³-hybridized carbons (Fsp3) is 0.222. The Bertz CT molecular complexity index is 739. The van der Waals surface area contributed by atoms with E-state index in [2.05, 4.69) is 0 Å². The highest BCUT2D eigenvalue weighted by Gasteiger charge is 2.33. The lowest BCUT2D eigenvalue weighted by Crippen LogP contribution is -2.23. The normalized spacial score (nSPS) is 17.0. The van der Waals surface area contributed by atoms with Gasteiger partial charge < -0.3 is 9.47 Å². The number of carbonyl (C=O) groups excluding carboxylic acids is 2. The summed E-state index contributed by atoms with van der Waals surface area (Å²) in [5.41, 5.74) is 3.21. The monoisotopic (exact) mass is 311 g/mol. The largest absolute Gasteiger partial charge is 0.496 e. The van der Waals surface area contributed by atoms with Crippen molar-refractivity contribution in [3.05, 3.63) is 59.2 Å². The van der Waals surface area contributed by atoms with Gasteiger partial charge in [-0.15, -0.1) is 0 Å². The molecule has 5 heteroatoms. The molecule has 1 heterocycles. The highest BCUT2D eigenvalue weighted by molar-refractivity contribution is 5.90. The molecule has 1 aliphatic heterocycles. The van der Waals surface area contributed by atoms with Crippen molar-refractivity contribution in [1.29, 1.82) is 0 Å². The molecule has 0 saturated carbocycles. The predicted molar refractivity (Wildman–Crippen MR) is 86.1 cm³/mol. The van der Waals surface area contributed by atoms with Crippen LogP contribution < -0.4 is 9.64 Å². The maximum Gasteiger partial charge on any atom is 0.415 e. The molecule has 1 fully saturated rings. The van der Waals surface area contributed by atoms with Crippen molar-refractivity contribution in [2.24, 2.45) is 0 Å².